The van der Waals surface area contributed by atoms with Gasteiger partial charge in [0.1, 0.15) is 0 Å². The lowest BCUT2D eigenvalue weighted by Crippen LogP contribution is -2.52. The van der Waals surface area contributed by atoms with Crippen LogP contribution in [-0.4, -0.2) is 59.9 Å². The molecule has 0 bridgehead atoms. The number of carbonyl (C=O) groups excluding carboxylic acids is 2. The van der Waals surface area contributed by atoms with Crippen LogP contribution >= 0.6 is 0 Å². The van der Waals surface area contributed by atoms with Gasteiger partial charge in [0, 0.05) is 38.1 Å². The van der Waals surface area contributed by atoms with Crippen LogP contribution in [-0.2, 0) is 6.54 Å². The van der Waals surface area contributed by atoms with Crippen molar-refractivity contribution in [3.8, 4) is 0 Å². The summed E-state index contributed by atoms with van der Waals surface area (Å²) in [5.41, 5.74) is 5.10. The van der Waals surface area contributed by atoms with Gasteiger partial charge in [-0.1, -0.05) is 17.7 Å². The standard InChI is InChI=1S/C20H26N6O2/c1-15-3-7-18(8-4-15)26(20(28)25-11-9-24(2)10-12-25)14-17-6-5-16(13-22-17)19(27)23-21/h3-8,13H,9-12,14,21H2,1-2H3,(H,23,27). The Morgan fingerprint density at radius 2 is 1.79 bits per heavy atom. The van der Waals surface area contributed by atoms with Crippen LogP contribution in [0, 0.1) is 6.92 Å². The highest BCUT2D eigenvalue weighted by atomic mass is 16.2. The molecule has 8 nitrogen and oxygen atoms in total. The van der Waals surface area contributed by atoms with Gasteiger partial charge in [-0.3, -0.25) is 20.1 Å². The summed E-state index contributed by atoms with van der Waals surface area (Å²) in [6, 6.07) is 11.2. The van der Waals surface area contributed by atoms with E-state index in [1.807, 2.05) is 36.1 Å². The molecular formula is C20H26N6O2. The van der Waals surface area contributed by atoms with Gasteiger partial charge in [-0.25, -0.2) is 10.6 Å². The summed E-state index contributed by atoms with van der Waals surface area (Å²) in [4.78, 5) is 35.0. The summed E-state index contributed by atoms with van der Waals surface area (Å²) in [5.74, 6) is 4.75. The van der Waals surface area contributed by atoms with E-state index in [2.05, 4.69) is 22.4 Å². The first-order chi connectivity index (χ1) is 13.5. The molecule has 1 aliphatic heterocycles. The second-order valence-electron chi connectivity index (χ2n) is 7.01. The van der Waals surface area contributed by atoms with Crippen LogP contribution in [0.25, 0.3) is 0 Å². The Morgan fingerprint density at radius 3 is 2.36 bits per heavy atom. The van der Waals surface area contributed by atoms with Crippen LogP contribution in [0.5, 0.6) is 0 Å². The molecular weight excluding hydrogens is 356 g/mol. The SMILES string of the molecule is Cc1ccc(N(Cc2ccc(C(=O)NN)cn2)C(=O)N2CCN(C)CC2)cc1. The molecule has 0 radical (unpaired) electrons. The summed E-state index contributed by atoms with van der Waals surface area (Å²) in [6.07, 6.45) is 1.46. The number of piperazine rings is 1. The van der Waals surface area contributed by atoms with Crippen molar-refractivity contribution in [1.29, 1.82) is 0 Å². The summed E-state index contributed by atoms with van der Waals surface area (Å²) in [5, 5.41) is 0. The lowest BCUT2D eigenvalue weighted by atomic mass is 10.2. The molecule has 1 aliphatic rings. The Morgan fingerprint density at radius 1 is 1.11 bits per heavy atom. The Balaban J connectivity index is 1.82. The number of pyridine rings is 1. The van der Waals surface area contributed by atoms with E-state index in [9.17, 15) is 9.59 Å². The Bertz CT molecular complexity index is 814. The van der Waals surface area contributed by atoms with E-state index in [1.165, 1.54) is 6.20 Å². The molecule has 1 aromatic carbocycles. The fourth-order valence-electron chi connectivity index (χ4n) is 3.06. The number of aryl methyl sites for hydroxylation is 1. The second kappa shape index (κ2) is 8.81. The van der Waals surface area contributed by atoms with Gasteiger partial charge >= 0.3 is 6.03 Å². The lowest BCUT2D eigenvalue weighted by Gasteiger charge is -2.36. The minimum Gasteiger partial charge on any atom is -0.322 e. The van der Waals surface area contributed by atoms with Crippen LogP contribution in [0.2, 0.25) is 0 Å². The van der Waals surface area contributed by atoms with Gasteiger partial charge in [0.25, 0.3) is 5.91 Å². The first-order valence-electron chi connectivity index (χ1n) is 9.25. The molecule has 0 spiro atoms. The van der Waals surface area contributed by atoms with Crippen molar-refractivity contribution in [1.82, 2.24) is 20.2 Å². The van der Waals surface area contributed by atoms with Gasteiger partial charge in [-0.05, 0) is 38.2 Å². The highest BCUT2D eigenvalue weighted by Gasteiger charge is 2.25. The van der Waals surface area contributed by atoms with Crippen molar-refractivity contribution >= 4 is 17.6 Å². The minimum absolute atomic E-state index is 0.0393. The maximum absolute atomic E-state index is 13.2. The van der Waals surface area contributed by atoms with Gasteiger partial charge in [0.15, 0.2) is 0 Å². The van der Waals surface area contributed by atoms with E-state index < -0.39 is 5.91 Å². The molecule has 2 heterocycles. The quantitative estimate of drug-likeness (QED) is 0.473. The van der Waals surface area contributed by atoms with E-state index in [-0.39, 0.29) is 6.03 Å². The number of nitrogen functional groups attached to an aromatic ring is 1. The first-order valence-corrected chi connectivity index (χ1v) is 9.25. The molecule has 8 heteroatoms. The third-order valence-corrected chi connectivity index (χ3v) is 4.89. The largest absolute Gasteiger partial charge is 0.324 e. The number of hydrogen-bond acceptors (Lipinski definition) is 5. The molecule has 1 aromatic heterocycles. The topological polar surface area (TPSA) is 94.8 Å². The molecule has 28 heavy (non-hydrogen) atoms. The number of likely N-dealkylation sites (N-methyl/N-ethyl adjacent to an activating group) is 1. The maximum atomic E-state index is 13.2. The summed E-state index contributed by atoms with van der Waals surface area (Å²) in [7, 11) is 2.06. The average molecular weight is 382 g/mol. The highest BCUT2D eigenvalue weighted by molar-refractivity contribution is 5.93. The number of nitrogens with two attached hydrogens (primary N) is 1. The summed E-state index contributed by atoms with van der Waals surface area (Å²) in [6.45, 7) is 5.43. The molecule has 3 N–H and O–H groups in total. The smallest absolute Gasteiger partial charge is 0.322 e. The fraction of sp³-hybridized carbons (Fsp3) is 0.350. The number of carbonyl (C=O) groups is 2. The molecule has 2 aromatic rings. The molecule has 0 atom stereocenters. The number of amides is 3. The number of benzene rings is 1. The normalized spacial score (nSPS) is 14.6. The maximum Gasteiger partial charge on any atom is 0.324 e. The third-order valence-electron chi connectivity index (χ3n) is 4.89. The highest BCUT2D eigenvalue weighted by Crippen LogP contribution is 2.20. The van der Waals surface area contributed by atoms with Crippen molar-refractivity contribution in [2.75, 3.05) is 38.1 Å². The molecule has 3 rings (SSSR count). The van der Waals surface area contributed by atoms with Crippen molar-refractivity contribution < 1.29 is 9.59 Å². The van der Waals surface area contributed by atoms with Crippen molar-refractivity contribution in [2.45, 2.75) is 13.5 Å². The summed E-state index contributed by atoms with van der Waals surface area (Å²) < 4.78 is 0. The Kier molecular flexibility index (Phi) is 6.23. The van der Waals surface area contributed by atoms with Crippen LogP contribution in [0.15, 0.2) is 42.6 Å². The molecule has 3 amide bonds. The van der Waals surface area contributed by atoms with Crippen LogP contribution in [0.4, 0.5) is 10.5 Å². The van der Waals surface area contributed by atoms with Crippen molar-refractivity contribution in [3.05, 3.63) is 59.4 Å². The zero-order valence-corrected chi connectivity index (χ0v) is 16.3. The van der Waals surface area contributed by atoms with E-state index in [0.717, 1.165) is 24.3 Å². The van der Waals surface area contributed by atoms with Crippen molar-refractivity contribution in [3.63, 3.8) is 0 Å². The number of urea groups is 1. The van der Waals surface area contributed by atoms with Crippen LogP contribution in [0.1, 0.15) is 21.6 Å². The van der Waals surface area contributed by atoms with Gasteiger partial charge in [0.05, 0.1) is 17.8 Å². The lowest BCUT2D eigenvalue weighted by molar-refractivity contribution is 0.0953. The molecule has 1 saturated heterocycles. The molecule has 148 valence electrons. The molecule has 1 fully saturated rings. The molecule has 0 saturated carbocycles. The molecule has 0 aliphatic carbocycles. The monoisotopic (exact) mass is 382 g/mol. The Hall–Kier alpha value is -2.97. The number of aromatic nitrogens is 1. The average Bonchev–Trinajstić information content (AvgIpc) is 2.73. The predicted molar refractivity (Wildman–Crippen MR) is 108 cm³/mol. The van der Waals surface area contributed by atoms with Gasteiger partial charge < -0.3 is 9.80 Å². The fourth-order valence-corrected chi connectivity index (χ4v) is 3.06. The van der Waals surface area contributed by atoms with E-state index in [1.54, 1.807) is 17.0 Å². The zero-order valence-electron chi connectivity index (χ0n) is 16.3. The number of nitrogens with zero attached hydrogens (tertiary/aromatic N) is 4. The summed E-state index contributed by atoms with van der Waals surface area (Å²) >= 11 is 0. The number of hydrazine groups is 1. The third kappa shape index (κ3) is 4.65. The molecule has 0 unspecified atom stereocenters. The van der Waals surface area contributed by atoms with Gasteiger partial charge in [0.2, 0.25) is 0 Å². The van der Waals surface area contributed by atoms with E-state index >= 15 is 0 Å². The number of rotatable bonds is 4. The van der Waals surface area contributed by atoms with Gasteiger partial charge in [-0.2, -0.15) is 0 Å². The number of hydrogen-bond donors (Lipinski definition) is 2. The van der Waals surface area contributed by atoms with Crippen LogP contribution < -0.4 is 16.2 Å². The minimum atomic E-state index is -0.400. The Labute approximate surface area is 164 Å². The van der Waals surface area contributed by atoms with E-state index in [4.69, 9.17) is 5.84 Å². The predicted octanol–water partition coefficient (Wildman–Crippen LogP) is 1.37. The van der Waals surface area contributed by atoms with Crippen LogP contribution in [0.3, 0.4) is 0 Å². The van der Waals surface area contributed by atoms with E-state index in [0.29, 0.717) is 30.9 Å². The first kappa shape index (κ1) is 19.8. The zero-order chi connectivity index (χ0) is 20.1. The number of anilines is 1. The second-order valence-corrected chi connectivity index (χ2v) is 7.01. The van der Waals surface area contributed by atoms with Gasteiger partial charge in [-0.15, -0.1) is 0 Å². The van der Waals surface area contributed by atoms with Crippen molar-refractivity contribution in [2.24, 2.45) is 5.84 Å². The number of nitrogens with one attached hydrogen (secondary N) is 1.